The molecule has 0 spiro atoms. The first-order valence-corrected chi connectivity index (χ1v) is 11.2. The van der Waals surface area contributed by atoms with Gasteiger partial charge in [-0.25, -0.2) is 8.78 Å². The first kappa shape index (κ1) is 25.6. The van der Waals surface area contributed by atoms with Crippen molar-refractivity contribution in [3.05, 3.63) is 65.2 Å². The van der Waals surface area contributed by atoms with E-state index in [1.54, 1.807) is 7.05 Å². The third-order valence-corrected chi connectivity index (χ3v) is 6.23. The molecule has 2 aromatic carbocycles. The van der Waals surface area contributed by atoms with Crippen molar-refractivity contribution in [1.82, 2.24) is 9.78 Å². The van der Waals surface area contributed by atoms with Crippen LogP contribution in [0, 0.1) is 11.6 Å². The van der Waals surface area contributed by atoms with E-state index in [-0.39, 0.29) is 23.0 Å². The van der Waals surface area contributed by atoms with Gasteiger partial charge in [0.1, 0.15) is 17.4 Å². The number of hydrogen-bond donors (Lipinski definition) is 2. The minimum absolute atomic E-state index is 0.0742. The maximum atomic E-state index is 14.2. The minimum Gasteiger partial charge on any atom is -0.406 e. The monoisotopic (exact) mass is 509 g/mol. The van der Waals surface area contributed by atoms with Crippen LogP contribution in [-0.2, 0) is 17.4 Å². The van der Waals surface area contributed by atoms with Crippen LogP contribution < -0.4 is 10.1 Å². The van der Waals surface area contributed by atoms with E-state index in [0.717, 1.165) is 37.0 Å². The molecule has 4 rings (SSSR count). The van der Waals surface area contributed by atoms with Crippen molar-refractivity contribution in [2.24, 2.45) is 7.05 Å². The number of benzene rings is 2. The van der Waals surface area contributed by atoms with Crippen LogP contribution in [0.2, 0.25) is 0 Å². The Morgan fingerprint density at radius 2 is 1.83 bits per heavy atom. The predicted molar refractivity (Wildman–Crippen MR) is 121 cm³/mol. The van der Waals surface area contributed by atoms with Crippen LogP contribution in [0.4, 0.5) is 27.8 Å². The lowest BCUT2D eigenvalue weighted by Crippen LogP contribution is -2.30. The van der Waals surface area contributed by atoms with Crippen LogP contribution in [0.25, 0.3) is 11.3 Å². The number of rotatable bonds is 7. The molecule has 0 bridgehead atoms. The number of carbonyl (C=O) groups excluding carboxylic acids is 1. The summed E-state index contributed by atoms with van der Waals surface area (Å²) in [5.74, 6) is -2.44. The van der Waals surface area contributed by atoms with E-state index in [4.69, 9.17) is 0 Å². The molecule has 36 heavy (non-hydrogen) atoms. The molecule has 1 unspecified atom stereocenters. The molecule has 2 N–H and O–H groups in total. The third-order valence-electron chi connectivity index (χ3n) is 6.23. The van der Waals surface area contributed by atoms with Gasteiger partial charge in [-0.05, 0) is 56.0 Å². The summed E-state index contributed by atoms with van der Waals surface area (Å²) in [4.78, 5) is 12.9. The quantitative estimate of drug-likeness (QED) is 0.397. The molecule has 0 saturated heterocycles. The van der Waals surface area contributed by atoms with Gasteiger partial charge in [-0.2, -0.15) is 5.10 Å². The molecule has 1 amide bonds. The number of aliphatic hydroxyl groups is 1. The molecule has 11 heteroatoms. The summed E-state index contributed by atoms with van der Waals surface area (Å²) in [6.07, 6.45) is -2.66. The molecule has 3 aromatic rings. The zero-order valence-electron chi connectivity index (χ0n) is 19.5. The molecule has 1 aliphatic rings. The lowest BCUT2D eigenvalue weighted by molar-refractivity contribution is -0.274. The summed E-state index contributed by atoms with van der Waals surface area (Å²) >= 11 is 0. The molecule has 0 radical (unpaired) electrons. The standard InChI is InChI=1S/C25H24F5N3O3/c1-24(35,18-11-8-16(26)12-19(18)27)13-20(34)31-23-21(14-4-3-5-14)22(33(2)32-23)15-6-9-17(10-7-15)36-25(28,29)30/h6-12,14,35H,3-5,13H2,1-2H3,(H,31,32,34). The molecule has 6 nitrogen and oxygen atoms in total. The van der Waals surface area contributed by atoms with Gasteiger partial charge < -0.3 is 15.2 Å². The normalized spacial score (nSPS) is 15.8. The molecule has 1 aromatic heterocycles. The highest BCUT2D eigenvalue weighted by atomic mass is 19.4. The highest BCUT2D eigenvalue weighted by Gasteiger charge is 2.34. The number of nitrogens with zero attached hydrogens (tertiary/aromatic N) is 2. The zero-order chi connectivity index (χ0) is 26.3. The average molecular weight is 509 g/mol. The number of hydrogen-bond acceptors (Lipinski definition) is 4. The maximum absolute atomic E-state index is 14.2. The van der Waals surface area contributed by atoms with Crippen LogP contribution >= 0.6 is 0 Å². The lowest BCUT2D eigenvalue weighted by atomic mass is 9.79. The molecular formula is C25H24F5N3O3. The van der Waals surface area contributed by atoms with E-state index in [9.17, 15) is 31.9 Å². The summed E-state index contributed by atoms with van der Waals surface area (Å²) in [7, 11) is 1.65. The summed E-state index contributed by atoms with van der Waals surface area (Å²) in [5.41, 5.74) is -0.188. The number of alkyl halides is 3. The molecule has 1 saturated carbocycles. The van der Waals surface area contributed by atoms with Gasteiger partial charge in [0.05, 0.1) is 17.7 Å². The van der Waals surface area contributed by atoms with E-state index in [1.807, 2.05) is 0 Å². The number of halogens is 5. The number of nitrogens with one attached hydrogen (secondary N) is 1. The van der Waals surface area contributed by atoms with Gasteiger partial charge >= 0.3 is 6.36 Å². The Kier molecular flexibility index (Phi) is 6.78. The fraction of sp³-hybridized carbons (Fsp3) is 0.360. The Balaban J connectivity index is 1.60. The molecule has 1 heterocycles. The summed E-state index contributed by atoms with van der Waals surface area (Å²) in [6, 6.07) is 8.08. The van der Waals surface area contributed by atoms with E-state index < -0.39 is 35.9 Å². The second-order valence-electron chi connectivity index (χ2n) is 9.06. The van der Waals surface area contributed by atoms with Gasteiger partial charge in [-0.1, -0.05) is 12.5 Å². The zero-order valence-corrected chi connectivity index (χ0v) is 19.5. The summed E-state index contributed by atoms with van der Waals surface area (Å²) < 4.78 is 70.4. The van der Waals surface area contributed by atoms with Gasteiger partial charge in [0.2, 0.25) is 5.91 Å². The molecule has 1 atom stereocenters. The Morgan fingerprint density at radius 1 is 1.17 bits per heavy atom. The minimum atomic E-state index is -4.80. The molecule has 0 aliphatic heterocycles. The lowest BCUT2D eigenvalue weighted by Gasteiger charge is -2.27. The summed E-state index contributed by atoms with van der Waals surface area (Å²) in [6.45, 7) is 1.25. The first-order chi connectivity index (χ1) is 16.8. The van der Waals surface area contributed by atoms with E-state index >= 15 is 0 Å². The van der Waals surface area contributed by atoms with Crippen molar-refractivity contribution < 1.29 is 36.6 Å². The predicted octanol–water partition coefficient (Wildman–Crippen LogP) is 5.77. The maximum Gasteiger partial charge on any atom is 0.573 e. The van der Waals surface area contributed by atoms with E-state index in [0.29, 0.717) is 17.3 Å². The molecule has 1 fully saturated rings. The van der Waals surface area contributed by atoms with Crippen LogP contribution in [0.1, 0.15) is 49.7 Å². The van der Waals surface area contributed by atoms with E-state index in [1.165, 1.54) is 35.9 Å². The number of aromatic nitrogens is 2. The Morgan fingerprint density at radius 3 is 2.39 bits per heavy atom. The van der Waals surface area contributed by atoms with Crippen molar-refractivity contribution in [1.29, 1.82) is 0 Å². The number of amides is 1. The van der Waals surface area contributed by atoms with Gasteiger partial charge in [-0.15, -0.1) is 13.2 Å². The Hall–Kier alpha value is -3.47. The first-order valence-electron chi connectivity index (χ1n) is 11.2. The van der Waals surface area contributed by atoms with Crippen LogP contribution in [-0.4, -0.2) is 27.2 Å². The smallest absolute Gasteiger partial charge is 0.406 e. The summed E-state index contributed by atoms with van der Waals surface area (Å²) in [5, 5.41) is 17.8. The second kappa shape index (κ2) is 9.53. The Bertz CT molecular complexity index is 1270. The average Bonchev–Trinajstić information content (AvgIpc) is 3.00. The van der Waals surface area contributed by atoms with Crippen molar-refractivity contribution in [2.75, 3.05) is 5.32 Å². The fourth-order valence-corrected chi connectivity index (χ4v) is 4.38. The largest absolute Gasteiger partial charge is 0.573 e. The van der Waals surface area contributed by atoms with Crippen molar-refractivity contribution >= 4 is 11.7 Å². The van der Waals surface area contributed by atoms with Gasteiger partial charge in [0, 0.05) is 29.8 Å². The highest BCUT2D eigenvalue weighted by Crippen LogP contribution is 2.45. The van der Waals surface area contributed by atoms with Gasteiger partial charge in [-0.3, -0.25) is 9.48 Å². The van der Waals surface area contributed by atoms with Crippen molar-refractivity contribution in [2.45, 2.75) is 50.5 Å². The highest BCUT2D eigenvalue weighted by molar-refractivity contribution is 5.92. The third kappa shape index (κ3) is 5.51. The molecule has 1 aliphatic carbocycles. The van der Waals surface area contributed by atoms with Crippen LogP contribution in [0.3, 0.4) is 0 Å². The molecular weight excluding hydrogens is 485 g/mol. The molecule has 192 valence electrons. The second-order valence-corrected chi connectivity index (χ2v) is 9.06. The van der Waals surface area contributed by atoms with Crippen LogP contribution in [0.15, 0.2) is 42.5 Å². The van der Waals surface area contributed by atoms with Gasteiger partial charge in [0.25, 0.3) is 0 Å². The van der Waals surface area contributed by atoms with Crippen molar-refractivity contribution in [3.8, 4) is 17.0 Å². The fourth-order valence-electron chi connectivity index (χ4n) is 4.38. The van der Waals surface area contributed by atoms with Crippen molar-refractivity contribution in [3.63, 3.8) is 0 Å². The van der Waals surface area contributed by atoms with Gasteiger partial charge in [0.15, 0.2) is 5.82 Å². The topological polar surface area (TPSA) is 76.4 Å². The number of aryl methyl sites for hydroxylation is 1. The number of ether oxygens (including phenoxy) is 1. The Labute approximate surface area is 203 Å². The number of carbonyl (C=O) groups is 1. The van der Waals surface area contributed by atoms with E-state index in [2.05, 4.69) is 15.2 Å². The SMILES string of the molecule is Cn1nc(NC(=O)CC(C)(O)c2ccc(F)cc2F)c(C2CCC2)c1-c1ccc(OC(F)(F)F)cc1. The number of anilines is 1. The van der Waals surface area contributed by atoms with Crippen LogP contribution in [0.5, 0.6) is 5.75 Å².